The normalized spacial score (nSPS) is 14.7. The van der Waals surface area contributed by atoms with Gasteiger partial charge in [-0.1, -0.05) is 26.0 Å². The second kappa shape index (κ2) is 11.6. The fourth-order valence-corrected chi connectivity index (χ4v) is 4.37. The number of halogens is 3. The number of sulfonamides is 1. The van der Waals surface area contributed by atoms with Crippen molar-refractivity contribution in [3.63, 3.8) is 0 Å². The first-order chi connectivity index (χ1) is 16.6. The molecule has 1 saturated heterocycles. The minimum atomic E-state index is -5.08. The Bertz CT molecular complexity index is 1180. The number of likely N-dealkylation sites (N-methyl/N-ethyl adjacent to an activating group) is 1. The van der Waals surface area contributed by atoms with Crippen LogP contribution >= 0.6 is 0 Å². The standard InChI is InChI=1S/C21H27N3O4S.C2HF3O2/c1-15(2)16-4-7-18(8-5-16)29(27,28)22-19-14-17(21(25)26)6-9-20(19)24-12-10-23(3)11-13-24;3-2(4,5)1(6)7/h4-9,14-15,22H,10-13H2,1-3H3,(H,25,26);(H,6,7). The number of carbonyl (C=O) groups is 2. The molecule has 3 N–H and O–H groups in total. The Hall–Kier alpha value is -3.32. The summed E-state index contributed by atoms with van der Waals surface area (Å²) in [6.45, 7) is 7.26. The lowest BCUT2D eigenvalue weighted by molar-refractivity contribution is -0.192. The lowest BCUT2D eigenvalue weighted by atomic mass is 10.0. The van der Waals surface area contributed by atoms with E-state index in [1.807, 2.05) is 20.9 Å². The van der Waals surface area contributed by atoms with E-state index in [4.69, 9.17) is 9.90 Å². The molecule has 2 aromatic rings. The van der Waals surface area contributed by atoms with Crippen molar-refractivity contribution in [2.24, 2.45) is 0 Å². The summed E-state index contributed by atoms with van der Waals surface area (Å²) >= 11 is 0. The largest absolute Gasteiger partial charge is 0.490 e. The number of carboxylic acid groups (broad SMARTS) is 2. The van der Waals surface area contributed by atoms with Crippen molar-refractivity contribution in [2.45, 2.75) is 30.8 Å². The molecule has 198 valence electrons. The summed E-state index contributed by atoms with van der Waals surface area (Å²) < 4.78 is 60.3. The topological polar surface area (TPSA) is 127 Å². The zero-order valence-corrected chi connectivity index (χ0v) is 20.7. The molecule has 0 radical (unpaired) electrons. The van der Waals surface area contributed by atoms with E-state index < -0.39 is 28.1 Å². The number of aromatic carboxylic acids is 1. The van der Waals surface area contributed by atoms with Gasteiger partial charge in [-0.25, -0.2) is 18.0 Å². The number of rotatable bonds is 6. The third-order valence-corrected chi connectivity index (χ3v) is 6.81. The van der Waals surface area contributed by atoms with Crippen LogP contribution in [0.25, 0.3) is 0 Å². The Morgan fingerprint density at radius 3 is 1.94 bits per heavy atom. The quantitative estimate of drug-likeness (QED) is 0.515. The van der Waals surface area contributed by atoms with Crippen molar-refractivity contribution in [3.05, 3.63) is 53.6 Å². The van der Waals surface area contributed by atoms with Gasteiger partial charge in [-0.2, -0.15) is 13.2 Å². The Morgan fingerprint density at radius 2 is 1.50 bits per heavy atom. The van der Waals surface area contributed by atoms with Crippen LogP contribution < -0.4 is 9.62 Å². The van der Waals surface area contributed by atoms with Gasteiger partial charge in [0.05, 0.1) is 21.8 Å². The van der Waals surface area contributed by atoms with Gasteiger partial charge in [-0.05, 0) is 48.9 Å². The van der Waals surface area contributed by atoms with Crippen molar-refractivity contribution in [1.29, 1.82) is 0 Å². The first-order valence-corrected chi connectivity index (χ1v) is 12.3. The molecule has 0 saturated carbocycles. The van der Waals surface area contributed by atoms with Gasteiger partial charge in [0, 0.05) is 26.2 Å². The maximum Gasteiger partial charge on any atom is 0.490 e. The number of nitrogens with zero attached hydrogens (tertiary/aromatic N) is 2. The van der Waals surface area contributed by atoms with E-state index in [-0.39, 0.29) is 16.1 Å². The van der Waals surface area contributed by atoms with E-state index in [0.717, 1.165) is 31.7 Å². The molecule has 9 nitrogen and oxygen atoms in total. The monoisotopic (exact) mass is 531 g/mol. The van der Waals surface area contributed by atoms with Crippen LogP contribution in [0, 0.1) is 0 Å². The maximum atomic E-state index is 13.0. The molecular weight excluding hydrogens is 503 g/mol. The summed E-state index contributed by atoms with van der Waals surface area (Å²) in [4.78, 5) is 24.7. The van der Waals surface area contributed by atoms with Crippen molar-refractivity contribution in [1.82, 2.24) is 4.90 Å². The van der Waals surface area contributed by atoms with Gasteiger partial charge in [0.15, 0.2) is 0 Å². The summed E-state index contributed by atoms with van der Waals surface area (Å²) in [5.41, 5.74) is 2.05. The average molecular weight is 532 g/mol. The molecule has 1 fully saturated rings. The molecule has 0 unspecified atom stereocenters. The van der Waals surface area contributed by atoms with Gasteiger partial charge in [-0.3, -0.25) is 4.72 Å². The summed E-state index contributed by atoms with van der Waals surface area (Å²) in [5.74, 6) is -3.56. The number of alkyl halides is 3. The zero-order valence-electron chi connectivity index (χ0n) is 19.9. The van der Waals surface area contributed by atoms with Crippen LogP contribution in [0.3, 0.4) is 0 Å². The molecule has 3 rings (SSSR count). The number of piperazine rings is 1. The van der Waals surface area contributed by atoms with Crippen LogP contribution in [0.5, 0.6) is 0 Å². The minimum Gasteiger partial charge on any atom is -0.478 e. The van der Waals surface area contributed by atoms with Gasteiger partial charge in [-0.15, -0.1) is 0 Å². The van der Waals surface area contributed by atoms with Gasteiger partial charge >= 0.3 is 18.1 Å². The summed E-state index contributed by atoms with van der Waals surface area (Å²) in [5, 5.41) is 16.5. The Morgan fingerprint density at radius 1 is 0.972 bits per heavy atom. The number of benzene rings is 2. The van der Waals surface area contributed by atoms with Crippen molar-refractivity contribution in [2.75, 3.05) is 42.8 Å². The van der Waals surface area contributed by atoms with Gasteiger partial charge in [0.2, 0.25) is 0 Å². The SMILES string of the molecule is CC(C)c1ccc(S(=O)(=O)Nc2cc(C(=O)O)ccc2N2CCN(C)CC2)cc1.O=C(O)C(F)(F)F. The van der Waals surface area contributed by atoms with Gasteiger partial charge in [0.25, 0.3) is 10.0 Å². The first kappa shape index (κ1) is 28.9. The fourth-order valence-electron chi connectivity index (χ4n) is 3.31. The summed E-state index contributed by atoms with van der Waals surface area (Å²) in [7, 11) is -1.81. The van der Waals surface area contributed by atoms with E-state index in [1.165, 1.54) is 12.1 Å². The van der Waals surface area contributed by atoms with Crippen LogP contribution in [0.1, 0.15) is 35.7 Å². The number of nitrogens with one attached hydrogen (secondary N) is 1. The predicted octanol–water partition coefficient (Wildman–Crippen LogP) is 3.69. The van der Waals surface area contributed by atoms with E-state index in [0.29, 0.717) is 11.6 Å². The van der Waals surface area contributed by atoms with Crippen molar-refractivity contribution >= 4 is 33.3 Å². The molecule has 0 spiro atoms. The van der Waals surface area contributed by atoms with Crippen LogP contribution in [0.4, 0.5) is 24.5 Å². The number of hydrogen-bond acceptors (Lipinski definition) is 6. The fraction of sp³-hybridized carbons (Fsp3) is 0.391. The highest BCUT2D eigenvalue weighted by atomic mass is 32.2. The molecule has 0 aliphatic carbocycles. The third kappa shape index (κ3) is 7.85. The molecule has 0 aromatic heterocycles. The lowest BCUT2D eigenvalue weighted by Crippen LogP contribution is -2.44. The predicted molar refractivity (Wildman–Crippen MR) is 128 cm³/mol. The first-order valence-electron chi connectivity index (χ1n) is 10.9. The molecule has 1 heterocycles. The highest BCUT2D eigenvalue weighted by Gasteiger charge is 2.38. The Balaban J connectivity index is 0.000000572. The van der Waals surface area contributed by atoms with Gasteiger partial charge < -0.3 is 20.0 Å². The smallest absolute Gasteiger partial charge is 0.478 e. The van der Waals surface area contributed by atoms with Gasteiger partial charge in [0.1, 0.15) is 0 Å². The lowest BCUT2D eigenvalue weighted by Gasteiger charge is -2.35. The van der Waals surface area contributed by atoms with E-state index in [1.54, 1.807) is 30.3 Å². The van der Waals surface area contributed by atoms with Crippen molar-refractivity contribution < 1.29 is 41.4 Å². The number of hydrogen-bond donors (Lipinski definition) is 3. The van der Waals surface area contributed by atoms with E-state index >= 15 is 0 Å². The molecule has 2 aromatic carbocycles. The molecule has 1 aliphatic rings. The number of aliphatic carboxylic acids is 1. The molecule has 1 aliphatic heterocycles. The maximum absolute atomic E-state index is 13.0. The third-order valence-electron chi connectivity index (χ3n) is 5.43. The number of carboxylic acids is 2. The molecule has 36 heavy (non-hydrogen) atoms. The Labute approximate surface area is 207 Å². The molecule has 0 amide bonds. The van der Waals surface area contributed by atoms with Crippen LogP contribution in [0.2, 0.25) is 0 Å². The highest BCUT2D eigenvalue weighted by molar-refractivity contribution is 7.92. The Kier molecular flexibility index (Phi) is 9.32. The molecule has 13 heteroatoms. The number of anilines is 2. The zero-order chi connectivity index (χ0) is 27.3. The van der Waals surface area contributed by atoms with Crippen molar-refractivity contribution in [3.8, 4) is 0 Å². The van der Waals surface area contributed by atoms with E-state index in [2.05, 4.69) is 14.5 Å². The van der Waals surface area contributed by atoms with Crippen LogP contribution in [-0.4, -0.2) is 74.9 Å². The average Bonchev–Trinajstić information content (AvgIpc) is 2.79. The second-order valence-corrected chi connectivity index (χ2v) is 10.1. The van der Waals surface area contributed by atoms with Crippen LogP contribution in [0.15, 0.2) is 47.4 Å². The second-order valence-electron chi connectivity index (χ2n) is 8.46. The highest BCUT2D eigenvalue weighted by Crippen LogP contribution is 2.30. The summed E-state index contributed by atoms with van der Waals surface area (Å²) in [6.07, 6.45) is -5.08. The van der Waals surface area contributed by atoms with E-state index in [9.17, 15) is 31.5 Å². The molecule has 0 atom stereocenters. The minimum absolute atomic E-state index is 0.0377. The molecular formula is C23H28F3N3O6S. The molecule has 0 bridgehead atoms. The summed E-state index contributed by atoms with van der Waals surface area (Å²) in [6, 6.07) is 11.3. The van der Waals surface area contributed by atoms with Crippen LogP contribution in [-0.2, 0) is 14.8 Å².